The van der Waals surface area contributed by atoms with Crippen molar-refractivity contribution in [1.29, 1.82) is 5.26 Å². The van der Waals surface area contributed by atoms with Crippen LogP contribution in [0.5, 0.6) is 11.5 Å². The summed E-state index contributed by atoms with van der Waals surface area (Å²) in [5.41, 5.74) is 1.06. The van der Waals surface area contributed by atoms with Crippen molar-refractivity contribution >= 4 is 0 Å². The fraction of sp³-hybridized carbons (Fsp3) is 0.562. The van der Waals surface area contributed by atoms with E-state index in [1.54, 1.807) is 14.2 Å². The molecule has 1 aromatic rings. The maximum Gasteiger partial charge on any atom is 0.126 e. The Hall–Kier alpha value is -1.73. The van der Waals surface area contributed by atoms with Crippen LogP contribution in [0.4, 0.5) is 0 Å². The standard InChI is InChI=1S/C16H22N2O2/c1-12(15(11-17)18-8-4-5-9-18)14-7-6-13(19-2)10-16(14)20-3/h6-7,10,12,15H,4-5,8-9H2,1-3H3. The van der Waals surface area contributed by atoms with Crippen molar-refractivity contribution in [2.24, 2.45) is 0 Å². The normalized spacial score (nSPS) is 18.3. The lowest BCUT2D eigenvalue weighted by Gasteiger charge is -2.28. The van der Waals surface area contributed by atoms with Crippen molar-refractivity contribution in [3.05, 3.63) is 23.8 Å². The van der Waals surface area contributed by atoms with Crippen molar-refractivity contribution < 1.29 is 9.47 Å². The van der Waals surface area contributed by atoms with Crippen LogP contribution >= 0.6 is 0 Å². The van der Waals surface area contributed by atoms with Gasteiger partial charge in [-0.3, -0.25) is 4.90 Å². The molecule has 1 aromatic carbocycles. The molecule has 0 spiro atoms. The van der Waals surface area contributed by atoms with Crippen LogP contribution in [0.3, 0.4) is 0 Å². The smallest absolute Gasteiger partial charge is 0.126 e. The molecule has 2 atom stereocenters. The van der Waals surface area contributed by atoms with Crippen LogP contribution in [0.1, 0.15) is 31.2 Å². The van der Waals surface area contributed by atoms with E-state index in [9.17, 15) is 5.26 Å². The maximum absolute atomic E-state index is 9.53. The predicted octanol–water partition coefficient (Wildman–Crippen LogP) is 2.80. The second-order valence-electron chi connectivity index (χ2n) is 5.21. The number of benzene rings is 1. The van der Waals surface area contributed by atoms with Gasteiger partial charge < -0.3 is 9.47 Å². The highest BCUT2D eigenvalue weighted by Crippen LogP contribution is 2.34. The lowest BCUT2D eigenvalue weighted by atomic mass is 9.92. The third-order valence-electron chi connectivity index (χ3n) is 4.07. The van der Waals surface area contributed by atoms with Crippen LogP contribution in [0.2, 0.25) is 0 Å². The Morgan fingerprint density at radius 2 is 1.90 bits per heavy atom. The Bertz CT molecular complexity index is 490. The number of nitriles is 1. The van der Waals surface area contributed by atoms with E-state index >= 15 is 0 Å². The Balaban J connectivity index is 2.26. The molecule has 0 aliphatic carbocycles. The fourth-order valence-corrected chi connectivity index (χ4v) is 2.89. The highest BCUT2D eigenvalue weighted by atomic mass is 16.5. The first-order valence-corrected chi connectivity index (χ1v) is 7.07. The summed E-state index contributed by atoms with van der Waals surface area (Å²) in [6.07, 6.45) is 2.37. The summed E-state index contributed by atoms with van der Waals surface area (Å²) in [5.74, 6) is 1.67. The number of methoxy groups -OCH3 is 2. The summed E-state index contributed by atoms with van der Waals surface area (Å²) in [6.45, 7) is 4.12. The van der Waals surface area contributed by atoms with E-state index in [1.807, 2.05) is 18.2 Å². The third-order valence-corrected chi connectivity index (χ3v) is 4.07. The quantitative estimate of drug-likeness (QED) is 0.828. The molecule has 20 heavy (non-hydrogen) atoms. The van der Waals surface area contributed by atoms with Crippen LogP contribution in [0.15, 0.2) is 18.2 Å². The van der Waals surface area contributed by atoms with Gasteiger partial charge in [0.05, 0.1) is 20.3 Å². The molecule has 4 nitrogen and oxygen atoms in total. The van der Waals surface area contributed by atoms with Crippen molar-refractivity contribution in [2.75, 3.05) is 27.3 Å². The first-order valence-electron chi connectivity index (χ1n) is 7.07. The Morgan fingerprint density at radius 1 is 1.20 bits per heavy atom. The molecular formula is C16H22N2O2. The van der Waals surface area contributed by atoms with Gasteiger partial charge in [0.15, 0.2) is 0 Å². The number of hydrogen-bond acceptors (Lipinski definition) is 4. The molecule has 0 saturated carbocycles. The molecule has 0 N–H and O–H groups in total. The number of rotatable bonds is 5. The Kier molecular flexibility index (Phi) is 4.86. The van der Waals surface area contributed by atoms with Gasteiger partial charge in [-0.15, -0.1) is 0 Å². The summed E-state index contributed by atoms with van der Waals surface area (Å²) in [7, 11) is 3.29. The summed E-state index contributed by atoms with van der Waals surface area (Å²) in [5, 5.41) is 9.53. The molecule has 2 rings (SSSR count). The van der Waals surface area contributed by atoms with Crippen molar-refractivity contribution in [2.45, 2.75) is 31.7 Å². The largest absolute Gasteiger partial charge is 0.497 e. The topological polar surface area (TPSA) is 45.5 Å². The van der Waals surface area contributed by atoms with Gasteiger partial charge in [-0.1, -0.05) is 13.0 Å². The highest BCUT2D eigenvalue weighted by molar-refractivity contribution is 5.43. The Morgan fingerprint density at radius 3 is 2.45 bits per heavy atom. The van der Waals surface area contributed by atoms with Gasteiger partial charge in [0.25, 0.3) is 0 Å². The van der Waals surface area contributed by atoms with Gasteiger partial charge in [0, 0.05) is 12.0 Å². The molecule has 0 bridgehead atoms. The lowest BCUT2D eigenvalue weighted by Crippen LogP contribution is -2.35. The molecule has 1 fully saturated rings. The zero-order chi connectivity index (χ0) is 14.5. The molecule has 2 unspecified atom stereocenters. The summed E-state index contributed by atoms with van der Waals surface area (Å²) in [6, 6.07) is 8.17. The SMILES string of the molecule is COc1ccc(C(C)C(C#N)N2CCCC2)c(OC)c1. The van der Waals surface area contributed by atoms with Crippen LogP contribution in [-0.4, -0.2) is 38.3 Å². The van der Waals surface area contributed by atoms with Gasteiger partial charge in [-0.25, -0.2) is 0 Å². The highest BCUT2D eigenvalue weighted by Gasteiger charge is 2.29. The van der Waals surface area contributed by atoms with Gasteiger partial charge in [0.1, 0.15) is 17.5 Å². The van der Waals surface area contributed by atoms with Crippen molar-refractivity contribution in [3.8, 4) is 17.6 Å². The number of nitrogens with zero attached hydrogens (tertiary/aromatic N) is 2. The zero-order valence-corrected chi connectivity index (χ0v) is 12.4. The number of hydrogen-bond donors (Lipinski definition) is 0. The van der Waals surface area contributed by atoms with Crippen LogP contribution in [0.25, 0.3) is 0 Å². The van der Waals surface area contributed by atoms with Gasteiger partial charge in [-0.05, 0) is 37.6 Å². The van der Waals surface area contributed by atoms with E-state index < -0.39 is 0 Å². The van der Waals surface area contributed by atoms with Crippen molar-refractivity contribution in [3.63, 3.8) is 0 Å². The Labute approximate surface area is 120 Å². The molecule has 108 valence electrons. The van der Waals surface area contributed by atoms with Crippen molar-refractivity contribution in [1.82, 2.24) is 4.90 Å². The molecule has 1 heterocycles. The second kappa shape index (κ2) is 6.62. The number of likely N-dealkylation sites (tertiary alicyclic amines) is 1. The zero-order valence-electron chi connectivity index (χ0n) is 12.4. The molecule has 1 aliphatic rings. The molecule has 0 amide bonds. The van der Waals surface area contributed by atoms with Crippen LogP contribution in [0, 0.1) is 11.3 Å². The minimum absolute atomic E-state index is 0.0974. The van der Waals surface area contributed by atoms with E-state index in [0.29, 0.717) is 0 Å². The average Bonchev–Trinajstić information content (AvgIpc) is 3.01. The minimum atomic E-state index is -0.0974. The van der Waals surface area contributed by atoms with E-state index in [4.69, 9.17) is 9.47 Å². The molecule has 4 heteroatoms. The number of ether oxygens (including phenoxy) is 2. The van der Waals surface area contributed by atoms with Crippen LogP contribution < -0.4 is 9.47 Å². The van der Waals surface area contributed by atoms with Gasteiger partial charge in [0.2, 0.25) is 0 Å². The molecular weight excluding hydrogens is 252 g/mol. The first-order chi connectivity index (χ1) is 9.71. The molecule has 0 radical (unpaired) electrons. The predicted molar refractivity (Wildman–Crippen MR) is 78.2 cm³/mol. The summed E-state index contributed by atoms with van der Waals surface area (Å²) in [4.78, 5) is 2.27. The third kappa shape index (κ3) is 2.88. The maximum atomic E-state index is 9.53. The van der Waals surface area contributed by atoms with E-state index in [0.717, 1.165) is 30.2 Å². The fourth-order valence-electron chi connectivity index (χ4n) is 2.89. The summed E-state index contributed by atoms with van der Waals surface area (Å²) >= 11 is 0. The lowest BCUT2D eigenvalue weighted by molar-refractivity contribution is 0.260. The van der Waals surface area contributed by atoms with E-state index in [-0.39, 0.29) is 12.0 Å². The summed E-state index contributed by atoms with van der Waals surface area (Å²) < 4.78 is 10.7. The first kappa shape index (κ1) is 14.7. The second-order valence-corrected chi connectivity index (χ2v) is 5.21. The van der Waals surface area contributed by atoms with Gasteiger partial charge >= 0.3 is 0 Å². The molecule has 1 aliphatic heterocycles. The van der Waals surface area contributed by atoms with Gasteiger partial charge in [-0.2, -0.15) is 5.26 Å². The van der Waals surface area contributed by atoms with E-state index in [1.165, 1.54) is 12.8 Å². The minimum Gasteiger partial charge on any atom is -0.497 e. The monoisotopic (exact) mass is 274 g/mol. The van der Waals surface area contributed by atoms with Crippen LogP contribution in [-0.2, 0) is 0 Å². The van der Waals surface area contributed by atoms with E-state index in [2.05, 4.69) is 17.9 Å². The average molecular weight is 274 g/mol. The molecule has 1 saturated heterocycles. The molecule has 0 aromatic heterocycles.